The predicted octanol–water partition coefficient (Wildman–Crippen LogP) is 4.02. The molecular weight excluding hydrogens is 496 g/mol. The van der Waals surface area contributed by atoms with E-state index in [9.17, 15) is 14.4 Å². The number of anilines is 2. The van der Waals surface area contributed by atoms with Gasteiger partial charge in [0, 0.05) is 29.3 Å². The van der Waals surface area contributed by atoms with E-state index in [1.807, 2.05) is 66.7 Å². The summed E-state index contributed by atoms with van der Waals surface area (Å²) in [4.78, 5) is 46.2. The normalized spacial score (nSPS) is 12.7. The van der Waals surface area contributed by atoms with Gasteiger partial charge < -0.3 is 19.8 Å². The van der Waals surface area contributed by atoms with Crippen LogP contribution in [0.4, 0.5) is 11.4 Å². The maximum Gasteiger partial charge on any atom is 0.320 e. The zero-order valence-corrected chi connectivity index (χ0v) is 20.9. The fraction of sp³-hybridized carbons (Fsp3) is 0.133. The third kappa shape index (κ3) is 6.22. The van der Waals surface area contributed by atoms with Crippen LogP contribution in [0, 0.1) is 0 Å². The third-order valence-corrected chi connectivity index (χ3v) is 6.27. The van der Waals surface area contributed by atoms with Crippen molar-refractivity contribution >= 4 is 29.7 Å². The minimum atomic E-state index is -0.510. The molecule has 1 saturated heterocycles. The molecule has 0 unspecified atom stereocenters. The summed E-state index contributed by atoms with van der Waals surface area (Å²) in [6.07, 6.45) is 3.55. The molecule has 5 rings (SSSR count). The van der Waals surface area contributed by atoms with Crippen LogP contribution >= 0.6 is 0 Å². The molecule has 0 aliphatic carbocycles. The van der Waals surface area contributed by atoms with Crippen molar-refractivity contribution < 1.29 is 24.0 Å². The number of hydrogen-bond donors (Lipinski definition) is 2. The molecule has 0 atom stereocenters. The number of pyridine rings is 1. The van der Waals surface area contributed by atoms with Gasteiger partial charge >= 0.3 is 6.47 Å². The first-order chi connectivity index (χ1) is 19.1. The molecule has 1 aromatic heterocycles. The van der Waals surface area contributed by atoms with Crippen LogP contribution in [-0.2, 0) is 20.8 Å². The van der Waals surface area contributed by atoms with Crippen LogP contribution in [0.15, 0.2) is 97.3 Å². The van der Waals surface area contributed by atoms with Crippen molar-refractivity contribution in [3.63, 3.8) is 0 Å². The summed E-state index contributed by atoms with van der Waals surface area (Å²) in [5.74, 6) is 0.0743. The quantitative estimate of drug-likeness (QED) is 0.239. The summed E-state index contributed by atoms with van der Waals surface area (Å²) in [7, 11) is 0. The Morgan fingerprint density at radius 2 is 1.74 bits per heavy atom. The van der Waals surface area contributed by atoms with Crippen molar-refractivity contribution in [3.8, 4) is 16.9 Å². The van der Waals surface area contributed by atoms with Gasteiger partial charge in [-0.2, -0.15) is 5.48 Å². The van der Waals surface area contributed by atoms with Gasteiger partial charge in [0.25, 0.3) is 5.91 Å². The second kappa shape index (κ2) is 11.9. The first-order valence-electron chi connectivity index (χ1n) is 12.4. The third-order valence-electron chi connectivity index (χ3n) is 6.27. The summed E-state index contributed by atoms with van der Waals surface area (Å²) >= 11 is 0. The number of carbonyl (C=O) groups excluding carboxylic acids is 3. The number of nitrogens with one attached hydrogen (secondary N) is 2. The van der Waals surface area contributed by atoms with Crippen LogP contribution in [-0.4, -0.2) is 42.5 Å². The van der Waals surface area contributed by atoms with E-state index >= 15 is 0 Å². The number of ether oxygens (including phenoxy) is 1. The molecule has 9 heteroatoms. The number of benzene rings is 3. The van der Waals surface area contributed by atoms with Gasteiger partial charge in [-0.25, -0.2) is 0 Å². The zero-order chi connectivity index (χ0) is 27.0. The average Bonchev–Trinajstić information content (AvgIpc) is 2.95. The number of amides is 2. The van der Waals surface area contributed by atoms with Gasteiger partial charge in [0.2, 0.25) is 5.91 Å². The van der Waals surface area contributed by atoms with E-state index in [0.29, 0.717) is 30.1 Å². The second-order valence-corrected chi connectivity index (χ2v) is 8.97. The topological polar surface area (TPSA) is 110 Å². The van der Waals surface area contributed by atoms with Crippen molar-refractivity contribution in [2.24, 2.45) is 0 Å². The van der Waals surface area contributed by atoms with E-state index in [-0.39, 0.29) is 24.9 Å². The first-order valence-corrected chi connectivity index (χ1v) is 12.4. The Kier molecular flexibility index (Phi) is 7.78. The number of hydroxylamine groups is 1. The SMILES string of the molecule is O=CONC(=O)c1cccc(N2CC(Oc3ccc(NC(=O)Cc4cccnc4)cc3)C2)c1-c1ccccc1. The van der Waals surface area contributed by atoms with E-state index in [0.717, 1.165) is 22.4 Å². The van der Waals surface area contributed by atoms with Crippen molar-refractivity contribution in [2.45, 2.75) is 12.5 Å². The molecule has 1 aliphatic heterocycles. The Hall–Kier alpha value is -5.18. The molecule has 2 amide bonds. The Morgan fingerprint density at radius 3 is 2.46 bits per heavy atom. The summed E-state index contributed by atoms with van der Waals surface area (Å²) in [5.41, 5.74) is 6.58. The summed E-state index contributed by atoms with van der Waals surface area (Å²) in [6.45, 7) is 1.42. The van der Waals surface area contributed by atoms with E-state index in [2.05, 4.69) is 25.5 Å². The molecule has 2 N–H and O–H groups in total. The lowest BCUT2D eigenvalue weighted by Gasteiger charge is -2.42. The Bertz CT molecular complexity index is 1440. The smallest absolute Gasteiger partial charge is 0.320 e. The van der Waals surface area contributed by atoms with Crippen LogP contribution in [0.25, 0.3) is 11.1 Å². The number of nitrogens with zero attached hydrogens (tertiary/aromatic N) is 2. The molecule has 4 aromatic rings. The van der Waals surface area contributed by atoms with Crippen molar-refractivity contribution in [2.75, 3.05) is 23.3 Å². The number of aromatic nitrogens is 1. The van der Waals surface area contributed by atoms with Gasteiger partial charge in [-0.05, 0) is 53.6 Å². The molecule has 0 saturated carbocycles. The molecule has 1 fully saturated rings. The predicted molar refractivity (Wildman–Crippen MR) is 146 cm³/mol. The molecule has 0 spiro atoms. The highest BCUT2D eigenvalue weighted by atomic mass is 16.7. The van der Waals surface area contributed by atoms with Crippen molar-refractivity contribution in [3.05, 3.63) is 108 Å². The Morgan fingerprint density at radius 1 is 0.949 bits per heavy atom. The number of rotatable bonds is 10. The molecule has 0 radical (unpaired) electrons. The van der Waals surface area contributed by atoms with Crippen LogP contribution < -0.4 is 20.4 Å². The summed E-state index contributed by atoms with van der Waals surface area (Å²) in [5, 5.41) is 2.88. The van der Waals surface area contributed by atoms with Crippen LogP contribution in [0.5, 0.6) is 5.75 Å². The Labute approximate surface area is 225 Å². The lowest BCUT2D eigenvalue weighted by molar-refractivity contribution is -0.133. The van der Waals surface area contributed by atoms with Gasteiger partial charge in [0.1, 0.15) is 11.9 Å². The molecule has 39 heavy (non-hydrogen) atoms. The fourth-order valence-electron chi connectivity index (χ4n) is 4.45. The maximum absolute atomic E-state index is 12.7. The van der Waals surface area contributed by atoms with E-state index in [1.54, 1.807) is 30.6 Å². The average molecular weight is 523 g/mol. The molecule has 3 aromatic carbocycles. The van der Waals surface area contributed by atoms with E-state index in [1.165, 1.54) is 0 Å². The fourth-order valence-corrected chi connectivity index (χ4v) is 4.45. The maximum atomic E-state index is 12.7. The minimum Gasteiger partial charge on any atom is -0.487 e. The molecular formula is C30H26N4O5. The minimum absolute atomic E-state index is 0.0458. The van der Waals surface area contributed by atoms with Gasteiger partial charge in [-0.1, -0.05) is 42.5 Å². The van der Waals surface area contributed by atoms with Gasteiger partial charge in [-0.3, -0.25) is 19.4 Å². The lowest BCUT2D eigenvalue weighted by Crippen LogP contribution is -2.54. The number of carbonyl (C=O) groups is 3. The highest BCUT2D eigenvalue weighted by Gasteiger charge is 2.31. The van der Waals surface area contributed by atoms with Crippen LogP contribution in [0.1, 0.15) is 15.9 Å². The van der Waals surface area contributed by atoms with Gasteiger partial charge in [0.05, 0.1) is 25.1 Å². The molecule has 2 heterocycles. The Balaban J connectivity index is 1.22. The highest BCUT2D eigenvalue weighted by Crippen LogP contribution is 2.37. The van der Waals surface area contributed by atoms with Gasteiger partial charge in [-0.15, -0.1) is 0 Å². The van der Waals surface area contributed by atoms with Gasteiger partial charge in [0.15, 0.2) is 0 Å². The van der Waals surface area contributed by atoms with E-state index in [4.69, 9.17) is 4.74 Å². The van der Waals surface area contributed by atoms with Crippen LogP contribution in [0.2, 0.25) is 0 Å². The highest BCUT2D eigenvalue weighted by molar-refractivity contribution is 6.04. The van der Waals surface area contributed by atoms with Crippen molar-refractivity contribution in [1.29, 1.82) is 0 Å². The largest absolute Gasteiger partial charge is 0.487 e. The molecule has 9 nitrogen and oxygen atoms in total. The second-order valence-electron chi connectivity index (χ2n) is 8.97. The van der Waals surface area contributed by atoms with Crippen LogP contribution in [0.3, 0.4) is 0 Å². The molecule has 1 aliphatic rings. The van der Waals surface area contributed by atoms with Crippen molar-refractivity contribution in [1.82, 2.24) is 10.5 Å². The zero-order valence-electron chi connectivity index (χ0n) is 20.9. The lowest BCUT2D eigenvalue weighted by atomic mass is 9.95. The summed E-state index contributed by atoms with van der Waals surface area (Å²) < 4.78 is 6.13. The number of hydrogen-bond acceptors (Lipinski definition) is 7. The molecule has 0 bridgehead atoms. The standard InChI is InChI=1S/C30H26N4O5/c35-20-38-33-30(37)26-9-4-10-27(29(26)22-7-2-1-3-8-22)34-18-25(19-34)39-24-13-11-23(12-14-24)32-28(36)16-21-6-5-15-31-17-21/h1-15,17,20,25H,16,18-19H2,(H,32,36)(H,33,37). The first kappa shape index (κ1) is 25.5. The van der Waals surface area contributed by atoms with E-state index < -0.39 is 5.91 Å². The summed E-state index contributed by atoms with van der Waals surface area (Å²) in [6, 6.07) is 26.0. The monoisotopic (exact) mass is 522 g/mol. The molecule has 196 valence electrons.